The van der Waals surface area contributed by atoms with Crippen molar-refractivity contribution in [3.8, 4) is 0 Å². The summed E-state index contributed by atoms with van der Waals surface area (Å²) in [6.45, 7) is 8.93. The van der Waals surface area contributed by atoms with Crippen LogP contribution in [0.15, 0.2) is 23.0 Å². The van der Waals surface area contributed by atoms with E-state index < -0.39 is 69.7 Å². The van der Waals surface area contributed by atoms with E-state index in [1.165, 1.54) is 13.2 Å². The first-order chi connectivity index (χ1) is 17.8. The molecule has 5 heterocycles. The summed E-state index contributed by atoms with van der Waals surface area (Å²) in [5.74, 6) is -2.65. The maximum atomic E-state index is 14.8. The van der Waals surface area contributed by atoms with Crippen molar-refractivity contribution in [3.05, 3.63) is 24.2 Å². The molecule has 4 saturated heterocycles. The van der Waals surface area contributed by atoms with Gasteiger partial charge in [-0.25, -0.2) is 4.79 Å². The number of epoxide rings is 1. The third kappa shape index (κ3) is 2.48. The lowest BCUT2D eigenvalue weighted by molar-refractivity contribution is -0.240. The van der Waals surface area contributed by atoms with E-state index in [0.29, 0.717) is 18.4 Å². The fraction of sp³-hybridized carbons (Fsp3) is 0.714. The van der Waals surface area contributed by atoms with Gasteiger partial charge in [-0.15, -0.1) is 0 Å². The number of furan rings is 1. The molecule has 1 aromatic heterocycles. The van der Waals surface area contributed by atoms with E-state index in [2.05, 4.69) is 0 Å². The molecule has 10 heteroatoms. The van der Waals surface area contributed by atoms with Gasteiger partial charge in [-0.1, -0.05) is 6.92 Å². The molecule has 0 amide bonds. The molecule has 0 radical (unpaired) electrons. The molecular weight excluding hydrogens is 496 g/mol. The summed E-state index contributed by atoms with van der Waals surface area (Å²) in [4.78, 5) is 53.0. The van der Waals surface area contributed by atoms with Gasteiger partial charge in [-0.05, 0) is 45.6 Å². The normalized spacial score (nSPS) is 49.9. The standard InChI is InChI=1S/C28H32O10/c1-13(29)35-18-19-24(2,3)37-16-10-17(30)34-12-27(16,19)15-6-8-25(4)21(14-7-9-33-11-14)36-23(32)22-28(25,38-22)26(15,5)20(18)31/h7,9,11,15-16,18-19,21-22H,6,8,10,12H2,1-5H3/t15?,16-,18-,19+,21-,22+,25-,26-,27-,28+/m0/s1. The molecule has 38 heavy (non-hydrogen) atoms. The van der Waals surface area contributed by atoms with Crippen LogP contribution in [0.1, 0.15) is 65.5 Å². The minimum absolute atomic E-state index is 0.0434. The van der Waals surface area contributed by atoms with Gasteiger partial charge in [0.15, 0.2) is 18.0 Å². The van der Waals surface area contributed by atoms with Crippen molar-refractivity contribution in [1.82, 2.24) is 0 Å². The first kappa shape index (κ1) is 24.3. The maximum Gasteiger partial charge on any atom is 0.339 e. The van der Waals surface area contributed by atoms with Crippen molar-refractivity contribution in [2.75, 3.05) is 6.61 Å². The Balaban J connectivity index is 1.45. The summed E-state index contributed by atoms with van der Waals surface area (Å²) in [6.07, 6.45) is 0.994. The lowest BCUT2D eigenvalue weighted by Gasteiger charge is -2.65. The first-order valence-corrected chi connectivity index (χ1v) is 13.3. The van der Waals surface area contributed by atoms with Crippen LogP contribution in [0.5, 0.6) is 0 Å². The van der Waals surface area contributed by atoms with Gasteiger partial charge in [0.05, 0.1) is 36.1 Å². The Hall–Kier alpha value is -2.72. The third-order valence-corrected chi connectivity index (χ3v) is 11.0. The Morgan fingerprint density at radius 1 is 1.08 bits per heavy atom. The fourth-order valence-electron chi connectivity index (χ4n) is 9.78. The summed E-state index contributed by atoms with van der Waals surface area (Å²) in [7, 11) is 0. The number of carbonyl (C=O) groups excluding carboxylic acids is 4. The van der Waals surface area contributed by atoms with E-state index in [1.807, 2.05) is 27.7 Å². The number of ketones is 1. The highest BCUT2D eigenvalue weighted by atomic mass is 16.7. The van der Waals surface area contributed by atoms with Gasteiger partial charge in [0.25, 0.3) is 0 Å². The van der Waals surface area contributed by atoms with Crippen LogP contribution < -0.4 is 0 Å². The average molecular weight is 529 g/mol. The molecule has 0 N–H and O–H groups in total. The van der Waals surface area contributed by atoms with Crippen molar-refractivity contribution in [3.63, 3.8) is 0 Å². The second kappa shape index (κ2) is 7.07. The van der Waals surface area contributed by atoms with Crippen molar-refractivity contribution >= 4 is 23.7 Å². The van der Waals surface area contributed by atoms with Crippen LogP contribution in [-0.2, 0) is 42.9 Å². The van der Waals surface area contributed by atoms with E-state index in [4.69, 9.17) is 28.1 Å². The minimum atomic E-state index is -1.26. The Kier molecular flexibility index (Phi) is 4.53. The number of Topliss-reactive ketones (excluding diaryl/α,β-unsaturated/α-hetero) is 1. The van der Waals surface area contributed by atoms with E-state index in [-0.39, 0.29) is 30.7 Å². The summed E-state index contributed by atoms with van der Waals surface area (Å²) in [6, 6.07) is 1.76. The molecule has 1 aromatic rings. The molecule has 2 saturated carbocycles. The van der Waals surface area contributed by atoms with E-state index in [0.717, 1.165) is 0 Å². The van der Waals surface area contributed by atoms with Gasteiger partial charge in [-0.2, -0.15) is 0 Å². The van der Waals surface area contributed by atoms with Crippen LogP contribution in [0.4, 0.5) is 0 Å². The quantitative estimate of drug-likeness (QED) is 0.321. The van der Waals surface area contributed by atoms with Crippen LogP contribution in [0.25, 0.3) is 0 Å². The lowest BCUT2D eigenvalue weighted by Crippen LogP contribution is -2.76. The number of rotatable bonds is 2. The van der Waals surface area contributed by atoms with Crippen molar-refractivity contribution in [2.45, 2.75) is 89.5 Å². The number of hydrogen-bond donors (Lipinski definition) is 0. The van der Waals surface area contributed by atoms with Gasteiger partial charge in [0, 0.05) is 29.2 Å². The molecule has 2 aliphatic carbocycles. The van der Waals surface area contributed by atoms with Crippen molar-refractivity contribution < 1.29 is 47.3 Å². The average Bonchev–Trinajstić information content (AvgIpc) is 3.31. The molecule has 7 rings (SSSR count). The molecule has 6 aliphatic rings. The van der Waals surface area contributed by atoms with E-state index >= 15 is 0 Å². The summed E-state index contributed by atoms with van der Waals surface area (Å²) >= 11 is 0. The molecular formula is C28H32O10. The Bertz CT molecular complexity index is 1270. The minimum Gasteiger partial charge on any atom is -0.472 e. The van der Waals surface area contributed by atoms with E-state index in [9.17, 15) is 19.2 Å². The molecule has 0 aromatic carbocycles. The zero-order valence-electron chi connectivity index (χ0n) is 22.1. The Labute approximate surface area is 219 Å². The molecule has 204 valence electrons. The topological polar surface area (TPSA) is 131 Å². The molecule has 10 nitrogen and oxygen atoms in total. The largest absolute Gasteiger partial charge is 0.472 e. The number of cyclic esters (lactones) is 2. The molecule has 1 unspecified atom stereocenters. The third-order valence-electron chi connectivity index (χ3n) is 11.0. The van der Waals surface area contributed by atoms with Gasteiger partial charge in [0.1, 0.15) is 18.3 Å². The molecule has 4 aliphatic heterocycles. The predicted octanol–water partition coefficient (Wildman–Crippen LogP) is 2.68. The number of carbonyl (C=O) groups is 4. The molecule has 0 bridgehead atoms. The number of esters is 3. The van der Waals surface area contributed by atoms with Gasteiger partial charge >= 0.3 is 17.9 Å². The highest BCUT2D eigenvalue weighted by Gasteiger charge is 2.91. The highest BCUT2D eigenvalue weighted by molar-refractivity contribution is 5.97. The van der Waals surface area contributed by atoms with Crippen molar-refractivity contribution in [1.29, 1.82) is 0 Å². The zero-order valence-corrected chi connectivity index (χ0v) is 22.1. The van der Waals surface area contributed by atoms with Crippen LogP contribution in [0, 0.1) is 28.1 Å². The fourth-order valence-corrected chi connectivity index (χ4v) is 9.78. The summed E-state index contributed by atoms with van der Waals surface area (Å²) in [5.41, 5.74) is -4.21. The summed E-state index contributed by atoms with van der Waals surface area (Å²) < 4.78 is 35.7. The van der Waals surface area contributed by atoms with Crippen LogP contribution in [-0.4, -0.2) is 59.8 Å². The number of hydrogen-bond acceptors (Lipinski definition) is 10. The highest BCUT2D eigenvalue weighted by Crippen LogP contribution is 2.79. The second-order valence-corrected chi connectivity index (χ2v) is 12.9. The van der Waals surface area contributed by atoms with Gasteiger partial charge in [0.2, 0.25) is 0 Å². The second-order valence-electron chi connectivity index (χ2n) is 12.9. The SMILES string of the molecule is CC(=O)O[C@@H]1C(=O)[C@]2(C)C(CC[C@@]3(C)[C@H](c4ccoc4)OC(=O)[C@H]4O[C@]432)[C@@]23COC(=O)C[C@@H]2OC(C)(C)[C@@H]13. The van der Waals surface area contributed by atoms with Gasteiger partial charge in [-0.3, -0.25) is 14.4 Å². The Morgan fingerprint density at radius 3 is 2.53 bits per heavy atom. The Morgan fingerprint density at radius 2 is 1.84 bits per heavy atom. The predicted molar refractivity (Wildman–Crippen MR) is 125 cm³/mol. The number of fused-ring (bicyclic) bond motifs is 1. The van der Waals surface area contributed by atoms with E-state index in [1.54, 1.807) is 12.3 Å². The molecule has 10 atom stereocenters. The first-order valence-electron chi connectivity index (χ1n) is 13.3. The zero-order chi connectivity index (χ0) is 27.0. The van der Waals surface area contributed by atoms with Crippen LogP contribution >= 0.6 is 0 Å². The van der Waals surface area contributed by atoms with Crippen molar-refractivity contribution in [2.24, 2.45) is 28.1 Å². The van der Waals surface area contributed by atoms with Gasteiger partial charge < -0.3 is 28.1 Å². The van der Waals surface area contributed by atoms with Crippen LogP contribution in [0.3, 0.4) is 0 Å². The summed E-state index contributed by atoms with van der Waals surface area (Å²) in [5, 5.41) is 0. The lowest BCUT2D eigenvalue weighted by atomic mass is 9.36. The number of ether oxygens (including phenoxy) is 5. The molecule has 6 fully saturated rings. The monoisotopic (exact) mass is 528 g/mol. The molecule has 2 spiro atoms. The van der Waals surface area contributed by atoms with Crippen LogP contribution in [0.2, 0.25) is 0 Å². The smallest absolute Gasteiger partial charge is 0.339 e. The maximum absolute atomic E-state index is 14.8.